The minimum absolute atomic E-state index is 0.131. The van der Waals surface area contributed by atoms with Gasteiger partial charge < -0.3 is 15.2 Å². The lowest BCUT2D eigenvalue weighted by atomic mass is 9.86. The van der Waals surface area contributed by atoms with Crippen LogP contribution in [0.1, 0.15) is 31.9 Å². The molecule has 5 aromatic rings. The molecule has 2 aromatic heterocycles. The van der Waals surface area contributed by atoms with Crippen LogP contribution in [0.2, 0.25) is 0 Å². The lowest BCUT2D eigenvalue weighted by Crippen LogP contribution is -2.35. The van der Waals surface area contributed by atoms with Crippen LogP contribution < -0.4 is 10.2 Å². The van der Waals surface area contributed by atoms with Crippen molar-refractivity contribution in [3.8, 4) is 11.5 Å². The lowest BCUT2D eigenvalue weighted by Gasteiger charge is -2.18. The van der Waals surface area contributed by atoms with Gasteiger partial charge in [0.2, 0.25) is 5.91 Å². The second-order valence-electron chi connectivity index (χ2n) is 9.32. The molecule has 6 rings (SSSR count). The van der Waals surface area contributed by atoms with Crippen molar-refractivity contribution in [2.24, 2.45) is 0 Å². The predicted octanol–water partition coefficient (Wildman–Crippen LogP) is 5.36. The maximum Gasteiger partial charge on any atom is 0.237 e. The molecular weight excluding hydrogens is 424 g/mol. The molecule has 7 nitrogen and oxygen atoms in total. The van der Waals surface area contributed by atoms with Crippen molar-refractivity contribution in [1.29, 1.82) is 0 Å². The first-order chi connectivity index (χ1) is 16.5. The van der Waals surface area contributed by atoms with Gasteiger partial charge in [0.1, 0.15) is 5.69 Å². The summed E-state index contributed by atoms with van der Waals surface area (Å²) in [7, 11) is 0. The quantitative estimate of drug-likeness (QED) is 0.336. The number of carbonyl (C=O) groups excluding carboxylic acids is 1. The van der Waals surface area contributed by atoms with Crippen LogP contribution >= 0.6 is 0 Å². The number of carbonyl (C=O) groups is 1. The van der Waals surface area contributed by atoms with E-state index in [2.05, 4.69) is 50.8 Å². The van der Waals surface area contributed by atoms with E-state index in [9.17, 15) is 4.79 Å². The van der Waals surface area contributed by atoms with Crippen molar-refractivity contribution in [1.82, 2.24) is 20.2 Å². The Labute approximate surface area is 197 Å². The van der Waals surface area contributed by atoms with E-state index in [0.717, 1.165) is 51.1 Å². The van der Waals surface area contributed by atoms with Crippen molar-refractivity contribution in [3.05, 3.63) is 71.8 Å². The number of fused-ring (bicyclic) bond motifs is 3. The van der Waals surface area contributed by atoms with Gasteiger partial charge in [0.05, 0.1) is 27.7 Å². The van der Waals surface area contributed by atoms with E-state index in [1.165, 1.54) is 5.56 Å². The summed E-state index contributed by atoms with van der Waals surface area (Å²) in [6.07, 6.45) is 0. The average Bonchev–Trinajstić information content (AvgIpc) is 3.50. The van der Waals surface area contributed by atoms with Gasteiger partial charge in [0, 0.05) is 24.2 Å². The van der Waals surface area contributed by atoms with Gasteiger partial charge in [-0.25, -0.2) is 4.98 Å². The number of aromatic amines is 2. The minimum atomic E-state index is -0.552. The Kier molecular flexibility index (Phi) is 4.49. The van der Waals surface area contributed by atoms with Gasteiger partial charge in [-0.2, -0.15) is 5.10 Å². The molecule has 3 heterocycles. The summed E-state index contributed by atoms with van der Waals surface area (Å²) in [4.78, 5) is 23.0. The zero-order chi connectivity index (χ0) is 23.4. The fourth-order valence-corrected chi connectivity index (χ4v) is 4.86. The van der Waals surface area contributed by atoms with Gasteiger partial charge in [-0.15, -0.1) is 0 Å². The number of hydrogen-bond donors (Lipinski definition) is 3. The molecule has 0 spiro atoms. The number of amides is 1. The molecule has 0 aliphatic carbocycles. The fourth-order valence-electron chi connectivity index (χ4n) is 4.86. The fraction of sp³-hybridized carbons (Fsp3) is 0.222. The molecule has 3 N–H and O–H groups in total. The van der Waals surface area contributed by atoms with Gasteiger partial charge in [-0.3, -0.25) is 9.89 Å². The van der Waals surface area contributed by atoms with E-state index in [0.29, 0.717) is 12.4 Å². The van der Waals surface area contributed by atoms with Crippen LogP contribution in [0.4, 0.5) is 11.4 Å². The number of benzene rings is 3. The van der Waals surface area contributed by atoms with Crippen LogP contribution in [0.5, 0.6) is 0 Å². The molecule has 3 aromatic carbocycles. The van der Waals surface area contributed by atoms with Crippen molar-refractivity contribution in [2.45, 2.75) is 32.7 Å². The number of nitrogens with one attached hydrogen (secondary N) is 3. The van der Waals surface area contributed by atoms with Crippen molar-refractivity contribution >= 4 is 39.2 Å². The molecule has 1 amide bonds. The van der Waals surface area contributed by atoms with Gasteiger partial charge in [0.25, 0.3) is 0 Å². The topological polar surface area (TPSA) is 89.7 Å². The molecule has 0 fully saturated rings. The summed E-state index contributed by atoms with van der Waals surface area (Å²) in [6.45, 7) is 7.36. The zero-order valence-corrected chi connectivity index (χ0v) is 19.4. The van der Waals surface area contributed by atoms with Crippen molar-refractivity contribution < 1.29 is 4.79 Å². The first-order valence-corrected chi connectivity index (χ1v) is 11.6. The summed E-state index contributed by atoms with van der Waals surface area (Å²) in [5.41, 5.74) is 7.13. The molecule has 0 radical (unpaired) electrons. The highest BCUT2D eigenvalue weighted by molar-refractivity contribution is 6.09. The molecule has 0 saturated heterocycles. The average molecular weight is 451 g/mol. The standard InChI is InChI=1S/C27H26N6O/c1-4-33-23-14-22-21(13-19(23)27(2,3)26(33)34)29-25(30-22)24-18-12-17(10-11-20(18)31-32-24)28-15-16-8-6-5-7-9-16/h5-14,28H,4,15H2,1-3H3,(H,29,30)(H,31,32). The Hall–Kier alpha value is -4.13. The minimum Gasteiger partial charge on any atom is -0.381 e. The van der Waals surface area contributed by atoms with Gasteiger partial charge in [-0.05, 0) is 62.2 Å². The maximum atomic E-state index is 12.9. The van der Waals surface area contributed by atoms with E-state index >= 15 is 0 Å². The molecule has 7 heteroatoms. The summed E-state index contributed by atoms with van der Waals surface area (Å²) in [5, 5.41) is 12.2. The number of likely N-dealkylation sites (N-methyl/N-ethyl adjacent to an activating group) is 1. The third-order valence-corrected chi connectivity index (χ3v) is 6.79. The number of imidazole rings is 1. The number of aromatic nitrogens is 4. The lowest BCUT2D eigenvalue weighted by molar-refractivity contribution is -0.122. The van der Waals surface area contributed by atoms with Gasteiger partial charge in [-0.1, -0.05) is 30.3 Å². The first kappa shape index (κ1) is 20.5. The van der Waals surface area contributed by atoms with Gasteiger partial charge in [0.15, 0.2) is 5.82 Å². The van der Waals surface area contributed by atoms with Crippen LogP contribution in [0.3, 0.4) is 0 Å². The van der Waals surface area contributed by atoms with E-state index in [1.807, 2.05) is 56.0 Å². The zero-order valence-electron chi connectivity index (χ0n) is 19.4. The summed E-state index contributed by atoms with van der Waals surface area (Å²) in [6, 6.07) is 20.6. The van der Waals surface area contributed by atoms with Crippen LogP contribution in [0.25, 0.3) is 33.5 Å². The van der Waals surface area contributed by atoms with Gasteiger partial charge >= 0.3 is 0 Å². The van der Waals surface area contributed by atoms with Crippen molar-refractivity contribution in [2.75, 3.05) is 16.8 Å². The Balaban J connectivity index is 1.38. The Morgan fingerprint density at radius 1 is 1.03 bits per heavy atom. The highest BCUT2D eigenvalue weighted by Gasteiger charge is 2.43. The van der Waals surface area contributed by atoms with Crippen LogP contribution in [0, 0.1) is 0 Å². The normalized spacial score (nSPS) is 14.8. The molecular formula is C27H26N6O. The Morgan fingerprint density at radius 3 is 2.65 bits per heavy atom. The predicted molar refractivity (Wildman–Crippen MR) is 136 cm³/mol. The molecule has 0 atom stereocenters. The second kappa shape index (κ2) is 7.45. The second-order valence-corrected chi connectivity index (χ2v) is 9.32. The molecule has 0 unspecified atom stereocenters. The summed E-state index contributed by atoms with van der Waals surface area (Å²) in [5.74, 6) is 0.837. The smallest absolute Gasteiger partial charge is 0.237 e. The number of hydrogen-bond acceptors (Lipinski definition) is 4. The van der Waals surface area contributed by atoms with Crippen LogP contribution in [-0.2, 0) is 16.8 Å². The van der Waals surface area contributed by atoms with E-state index in [-0.39, 0.29) is 5.91 Å². The Morgan fingerprint density at radius 2 is 1.85 bits per heavy atom. The molecule has 1 aliphatic heterocycles. The van der Waals surface area contributed by atoms with E-state index in [4.69, 9.17) is 4.98 Å². The molecule has 34 heavy (non-hydrogen) atoms. The number of anilines is 2. The van der Waals surface area contributed by atoms with E-state index < -0.39 is 5.41 Å². The third kappa shape index (κ3) is 3.08. The first-order valence-electron chi connectivity index (χ1n) is 11.6. The van der Waals surface area contributed by atoms with Crippen LogP contribution in [-0.4, -0.2) is 32.6 Å². The summed E-state index contributed by atoms with van der Waals surface area (Å²) < 4.78 is 0. The van der Waals surface area contributed by atoms with E-state index in [1.54, 1.807) is 0 Å². The number of nitrogens with zero attached hydrogens (tertiary/aromatic N) is 3. The molecule has 170 valence electrons. The molecule has 0 bridgehead atoms. The van der Waals surface area contributed by atoms with Crippen LogP contribution in [0.15, 0.2) is 60.7 Å². The monoisotopic (exact) mass is 450 g/mol. The highest BCUT2D eigenvalue weighted by atomic mass is 16.2. The summed E-state index contributed by atoms with van der Waals surface area (Å²) >= 11 is 0. The molecule has 0 saturated carbocycles. The SMILES string of the molecule is CCN1C(=O)C(C)(C)c2cc3[nH]c(-c4n[nH]c5ccc(NCc6ccccc6)cc45)nc3cc21. The van der Waals surface area contributed by atoms with Crippen molar-refractivity contribution in [3.63, 3.8) is 0 Å². The largest absolute Gasteiger partial charge is 0.381 e. The highest BCUT2D eigenvalue weighted by Crippen LogP contribution is 2.43. The number of rotatable bonds is 5. The maximum absolute atomic E-state index is 12.9. The third-order valence-electron chi connectivity index (χ3n) is 6.79. The number of H-pyrrole nitrogens is 2. The molecule has 1 aliphatic rings. The Bertz CT molecular complexity index is 1550.